The van der Waals surface area contributed by atoms with Gasteiger partial charge in [-0.2, -0.15) is 0 Å². The van der Waals surface area contributed by atoms with Crippen LogP contribution in [0.15, 0.2) is 47.5 Å². The lowest BCUT2D eigenvalue weighted by atomic mass is 10.1. The molecule has 0 unspecified atom stereocenters. The lowest BCUT2D eigenvalue weighted by molar-refractivity contribution is 0.405. The maximum absolute atomic E-state index is 6.10. The number of nitrogens with two attached hydrogens (primary N) is 1. The zero-order valence-electron chi connectivity index (χ0n) is 15.9. The molecule has 3 rings (SSSR count). The molecule has 144 valence electrons. The molecule has 3 aromatic rings. The van der Waals surface area contributed by atoms with E-state index in [9.17, 15) is 0 Å². The van der Waals surface area contributed by atoms with Crippen molar-refractivity contribution in [2.45, 2.75) is 13.5 Å². The van der Waals surface area contributed by atoms with Crippen LogP contribution in [0.3, 0.4) is 0 Å². The molecule has 0 amide bonds. The predicted octanol–water partition coefficient (Wildman–Crippen LogP) is 4.05. The molecule has 0 aliphatic heterocycles. The maximum atomic E-state index is 6.10. The van der Waals surface area contributed by atoms with Crippen LogP contribution in [0, 0.1) is 6.92 Å². The number of aliphatic imine (C=N–C) groups is 1. The maximum Gasteiger partial charge on any atom is 0.193 e. The van der Waals surface area contributed by atoms with Gasteiger partial charge in [-0.25, -0.2) is 4.99 Å². The third-order valence-corrected chi connectivity index (χ3v) is 4.58. The number of methoxy groups -OCH3 is 2. The Morgan fingerprint density at radius 2 is 1.89 bits per heavy atom. The van der Waals surface area contributed by atoms with E-state index in [2.05, 4.69) is 41.0 Å². The number of ether oxygens (including phenoxy) is 2. The van der Waals surface area contributed by atoms with Crippen LogP contribution in [-0.2, 0) is 13.6 Å². The molecule has 0 bridgehead atoms. The molecular weight excluding hydrogens is 455 g/mol. The second-order valence-electron chi connectivity index (χ2n) is 6.04. The smallest absolute Gasteiger partial charge is 0.193 e. The summed E-state index contributed by atoms with van der Waals surface area (Å²) >= 11 is 0. The van der Waals surface area contributed by atoms with Gasteiger partial charge in [-0.15, -0.1) is 24.0 Å². The molecule has 27 heavy (non-hydrogen) atoms. The molecule has 0 fully saturated rings. The molecule has 0 saturated heterocycles. The van der Waals surface area contributed by atoms with Gasteiger partial charge in [-0.05, 0) is 30.7 Å². The summed E-state index contributed by atoms with van der Waals surface area (Å²) in [6.07, 6.45) is 0. The van der Waals surface area contributed by atoms with Crippen molar-refractivity contribution < 1.29 is 9.47 Å². The van der Waals surface area contributed by atoms with Crippen LogP contribution in [0.1, 0.15) is 11.3 Å². The monoisotopic (exact) mass is 480 g/mol. The first-order valence-electron chi connectivity index (χ1n) is 8.37. The molecule has 2 aromatic carbocycles. The van der Waals surface area contributed by atoms with Crippen molar-refractivity contribution in [3.8, 4) is 11.5 Å². The Bertz CT molecular complexity index is 927. The number of halogens is 1. The van der Waals surface area contributed by atoms with Gasteiger partial charge in [-0.3, -0.25) is 0 Å². The van der Waals surface area contributed by atoms with Gasteiger partial charge in [0.05, 0.1) is 26.5 Å². The second-order valence-corrected chi connectivity index (χ2v) is 6.04. The van der Waals surface area contributed by atoms with Gasteiger partial charge in [0.1, 0.15) is 11.5 Å². The van der Waals surface area contributed by atoms with E-state index in [1.54, 1.807) is 14.2 Å². The number of hydrogen-bond donors (Lipinski definition) is 2. The Morgan fingerprint density at radius 3 is 2.56 bits per heavy atom. The highest BCUT2D eigenvalue weighted by atomic mass is 127. The summed E-state index contributed by atoms with van der Waals surface area (Å²) in [5.41, 5.74) is 10.4. The van der Waals surface area contributed by atoms with Crippen LogP contribution in [0.2, 0.25) is 0 Å². The number of anilines is 1. The number of aryl methyl sites for hydroxylation is 2. The van der Waals surface area contributed by atoms with Gasteiger partial charge in [-0.1, -0.05) is 18.2 Å². The first-order chi connectivity index (χ1) is 12.5. The minimum atomic E-state index is 0. The fourth-order valence-corrected chi connectivity index (χ4v) is 3.11. The molecule has 0 atom stereocenters. The van der Waals surface area contributed by atoms with Crippen molar-refractivity contribution in [1.29, 1.82) is 0 Å². The standard InChI is InChI=1S/C20H24N4O2.HI/c1-13-15-7-5-6-8-17(15)24(2)18(13)12-22-20(21)23-16-11-14(25-3)9-10-19(16)26-4;/h5-11H,12H2,1-4H3,(H3,21,22,23);1H. The van der Waals surface area contributed by atoms with E-state index >= 15 is 0 Å². The lowest BCUT2D eigenvalue weighted by Gasteiger charge is -2.12. The highest BCUT2D eigenvalue weighted by molar-refractivity contribution is 14.0. The second kappa shape index (κ2) is 8.98. The van der Waals surface area contributed by atoms with E-state index in [4.69, 9.17) is 15.2 Å². The number of para-hydroxylation sites is 1. The third kappa shape index (κ3) is 4.29. The number of benzene rings is 2. The number of guanidine groups is 1. The molecule has 0 spiro atoms. The first kappa shape index (κ1) is 20.9. The van der Waals surface area contributed by atoms with Gasteiger partial charge in [0.2, 0.25) is 0 Å². The van der Waals surface area contributed by atoms with E-state index in [1.165, 1.54) is 16.5 Å². The molecule has 0 aliphatic rings. The van der Waals surface area contributed by atoms with Gasteiger partial charge in [0.15, 0.2) is 5.96 Å². The number of nitrogens with one attached hydrogen (secondary N) is 1. The van der Waals surface area contributed by atoms with E-state index in [1.807, 2.05) is 30.3 Å². The lowest BCUT2D eigenvalue weighted by Crippen LogP contribution is -2.23. The summed E-state index contributed by atoms with van der Waals surface area (Å²) in [6, 6.07) is 13.8. The minimum Gasteiger partial charge on any atom is -0.497 e. The fourth-order valence-electron chi connectivity index (χ4n) is 3.11. The zero-order chi connectivity index (χ0) is 18.7. The van der Waals surface area contributed by atoms with Crippen molar-refractivity contribution in [3.05, 3.63) is 53.7 Å². The SMILES string of the molecule is COc1ccc(OC)c(NC(N)=NCc2c(C)c3ccccc3n2C)c1.I. The average Bonchev–Trinajstić information content (AvgIpc) is 2.91. The normalized spacial score (nSPS) is 11.2. The van der Waals surface area contributed by atoms with Crippen LogP contribution in [-0.4, -0.2) is 24.7 Å². The molecule has 6 nitrogen and oxygen atoms in total. The first-order valence-corrected chi connectivity index (χ1v) is 8.37. The molecule has 0 radical (unpaired) electrons. The van der Waals surface area contributed by atoms with Gasteiger partial charge in [0, 0.05) is 29.7 Å². The van der Waals surface area contributed by atoms with E-state index in [0.717, 1.165) is 5.69 Å². The van der Waals surface area contributed by atoms with Gasteiger partial charge >= 0.3 is 0 Å². The molecule has 3 N–H and O–H groups in total. The Kier molecular flexibility index (Phi) is 6.95. The Balaban J connectivity index is 0.00000261. The van der Waals surface area contributed by atoms with Crippen LogP contribution in [0.25, 0.3) is 10.9 Å². The fraction of sp³-hybridized carbons (Fsp3) is 0.250. The number of fused-ring (bicyclic) bond motifs is 1. The Labute approximate surface area is 176 Å². The van der Waals surface area contributed by atoms with Crippen molar-refractivity contribution in [2.24, 2.45) is 17.8 Å². The quantitative estimate of drug-likeness (QED) is 0.329. The third-order valence-electron chi connectivity index (χ3n) is 4.58. The zero-order valence-corrected chi connectivity index (χ0v) is 18.3. The van der Waals surface area contributed by atoms with Gasteiger partial charge < -0.3 is 25.1 Å². The van der Waals surface area contributed by atoms with Crippen molar-refractivity contribution in [1.82, 2.24) is 4.57 Å². The summed E-state index contributed by atoms with van der Waals surface area (Å²) in [7, 11) is 5.28. The van der Waals surface area contributed by atoms with E-state index < -0.39 is 0 Å². The molecule has 0 saturated carbocycles. The average molecular weight is 480 g/mol. The van der Waals surface area contributed by atoms with E-state index in [-0.39, 0.29) is 24.0 Å². The molecule has 1 heterocycles. The summed E-state index contributed by atoms with van der Waals surface area (Å²) in [5.74, 6) is 1.71. The van der Waals surface area contributed by atoms with Crippen molar-refractivity contribution in [3.63, 3.8) is 0 Å². The number of aromatic nitrogens is 1. The molecule has 7 heteroatoms. The Hall–Kier alpha value is -2.42. The van der Waals surface area contributed by atoms with Crippen LogP contribution in [0.5, 0.6) is 11.5 Å². The van der Waals surface area contributed by atoms with Crippen LogP contribution in [0.4, 0.5) is 5.69 Å². The summed E-state index contributed by atoms with van der Waals surface area (Å²) in [5, 5.41) is 4.33. The number of rotatable bonds is 5. The highest BCUT2D eigenvalue weighted by Gasteiger charge is 2.11. The predicted molar refractivity (Wildman–Crippen MR) is 122 cm³/mol. The molecule has 1 aromatic heterocycles. The van der Waals surface area contributed by atoms with Crippen LogP contribution >= 0.6 is 24.0 Å². The number of hydrogen-bond acceptors (Lipinski definition) is 3. The van der Waals surface area contributed by atoms with Gasteiger partial charge in [0.25, 0.3) is 0 Å². The number of nitrogens with zero attached hydrogens (tertiary/aromatic N) is 2. The van der Waals surface area contributed by atoms with E-state index in [0.29, 0.717) is 29.7 Å². The van der Waals surface area contributed by atoms with Crippen molar-refractivity contribution in [2.75, 3.05) is 19.5 Å². The summed E-state index contributed by atoms with van der Waals surface area (Å²) in [4.78, 5) is 4.50. The molecule has 0 aliphatic carbocycles. The largest absolute Gasteiger partial charge is 0.497 e. The van der Waals surface area contributed by atoms with Crippen LogP contribution < -0.4 is 20.5 Å². The topological polar surface area (TPSA) is 73.8 Å². The summed E-state index contributed by atoms with van der Waals surface area (Å²) < 4.78 is 12.8. The summed E-state index contributed by atoms with van der Waals surface area (Å²) in [6.45, 7) is 2.60. The molecular formula is C20H25IN4O2. The minimum absolute atomic E-state index is 0. The highest BCUT2D eigenvalue weighted by Crippen LogP contribution is 2.29. The van der Waals surface area contributed by atoms with Crippen molar-refractivity contribution >= 4 is 46.5 Å². The Morgan fingerprint density at radius 1 is 1.15 bits per heavy atom.